The lowest BCUT2D eigenvalue weighted by Crippen LogP contribution is -2.42. The van der Waals surface area contributed by atoms with Gasteiger partial charge in [-0.15, -0.1) is 0 Å². The molecule has 134 valence electrons. The largest absolute Gasteiger partial charge is 0.491 e. The first kappa shape index (κ1) is 19.8. The third kappa shape index (κ3) is 7.82. The molecule has 2 N–H and O–H groups in total. The zero-order valence-electron chi connectivity index (χ0n) is 15.0. The summed E-state index contributed by atoms with van der Waals surface area (Å²) >= 11 is 0. The van der Waals surface area contributed by atoms with Crippen molar-refractivity contribution < 1.29 is 14.3 Å². The molecular weight excluding hydrogens is 308 g/mol. The Kier molecular flexibility index (Phi) is 9.29. The van der Waals surface area contributed by atoms with Gasteiger partial charge in [0.15, 0.2) is 5.96 Å². The highest BCUT2D eigenvalue weighted by molar-refractivity contribution is 5.86. The number of carbonyl (C=O) groups is 1. The first-order valence-corrected chi connectivity index (χ1v) is 7.99. The molecule has 0 radical (unpaired) electrons. The molecule has 7 nitrogen and oxygen atoms in total. The third-order valence-corrected chi connectivity index (χ3v) is 3.15. The minimum atomic E-state index is -0.00170. The zero-order valence-corrected chi connectivity index (χ0v) is 15.0. The summed E-state index contributed by atoms with van der Waals surface area (Å²) in [6.07, 6.45) is 0. The molecule has 1 rings (SSSR count). The van der Waals surface area contributed by atoms with Crippen LogP contribution in [0.1, 0.15) is 12.5 Å². The number of methoxy groups -OCH3 is 1. The van der Waals surface area contributed by atoms with Crippen molar-refractivity contribution in [3.63, 3.8) is 0 Å². The molecule has 0 aliphatic carbocycles. The van der Waals surface area contributed by atoms with Gasteiger partial charge in [-0.05, 0) is 24.6 Å². The van der Waals surface area contributed by atoms with Gasteiger partial charge in [0.05, 0.1) is 19.7 Å². The van der Waals surface area contributed by atoms with Gasteiger partial charge < -0.3 is 25.0 Å². The lowest BCUT2D eigenvalue weighted by atomic mass is 10.2. The molecule has 0 spiro atoms. The number of benzene rings is 1. The fraction of sp³-hybridized carbons (Fsp3) is 0.529. The molecular formula is C17H28N4O3. The maximum Gasteiger partial charge on any atom is 0.241 e. The van der Waals surface area contributed by atoms with Crippen molar-refractivity contribution >= 4 is 11.9 Å². The maximum atomic E-state index is 11.6. The summed E-state index contributed by atoms with van der Waals surface area (Å²) in [6.45, 7) is 4.54. The van der Waals surface area contributed by atoms with Crippen molar-refractivity contribution in [3.05, 3.63) is 29.8 Å². The second-order valence-corrected chi connectivity index (χ2v) is 5.32. The summed E-state index contributed by atoms with van der Waals surface area (Å²) in [7, 11) is 5.10. The van der Waals surface area contributed by atoms with E-state index in [1.54, 1.807) is 26.1 Å². The van der Waals surface area contributed by atoms with Gasteiger partial charge in [-0.3, -0.25) is 4.79 Å². The normalized spacial score (nSPS) is 11.1. The number of aliphatic imine (C=N–C) groups is 1. The topological polar surface area (TPSA) is 75.2 Å². The van der Waals surface area contributed by atoms with E-state index in [9.17, 15) is 4.79 Å². The van der Waals surface area contributed by atoms with E-state index in [-0.39, 0.29) is 12.5 Å². The van der Waals surface area contributed by atoms with Crippen molar-refractivity contribution in [2.24, 2.45) is 4.99 Å². The van der Waals surface area contributed by atoms with Crippen LogP contribution in [-0.2, 0) is 16.1 Å². The van der Waals surface area contributed by atoms with Crippen molar-refractivity contribution in [2.45, 2.75) is 13.5 Å². The number of nitrogens with one attached hydrogen (secondary N) is 2. The minimum Gasteiger partial charge on any atom is -0.491 e. The van der Waals surface area contributed by atoms with Gasteiger partial charge in [0.25, 0.3) is 0 Å². The maximum absolute atomic E-state index is 11.6. The van der Waals surface area contributed by atoms with E-state index in [1.165, 1.54) is 0 Å². The molecule has 0 saturated heterocycles. The van der Waals surface area contributed by atoms with Crippen LogP contribution in [0, 0.1) is 0 Å². The van der Waals surface area contributed by atoms with Crippen molar-refractivity contribution in [3.8, 4) is 5.75 Å². The Hall–Kier alpha value is -2.28. The molecule has 0 saturated carbocycles. The average Bonchev–Trinajstić information content (AvgIpc) is 2.58. The molecule has 0 heterocycles. The fourth-order valence-electron chi connectivity index (χ4n) is 1.76. The van der Waals surface area contributed by atoms with Crippen LogP contribution in [0.5, 0.6) is 5.75 Å². The van der Waals surface area contributed by atoms with Crippen LogP contribution in [-0.4, -0.2) is 64.3 Å². The molecule has 0 fully saturated rings. The highest BCUT2D eigenvalue weighted by Crippen LogP contribution is 2.12. The predicted molar refractivity (Wildman–Crippen MR) is 95.3 cm³/mol. The van der Waals surface area contributed by atoms with E-state index in [0.717, 1.165) is 17.9 Å². The highest BCUT2D eigenvalue weighted by Gasteiger charge is 2.05. The number of hydrogen-bond donors (Lipinski definition) is 2. The van der Waals surface area contributed by atoms with Crippen molar-refractivity contribution in [1.82, 2.24) is 15.5 Å². The van der Waals surface area contributed by atoms with Crippen LogP contribution < -0.4 is 15.4 Å². The van der Waals surface area contributed by atoms with Crippen LogP contribution in [0.25, 0.3) is 0 Å². The Morgan fingerprint density at radius 1 is 1.17 bits per heavy atom. The second-order valence-electron chi connectivity index (χ2n) is 5.32. The van der Waals surface area contributed by atoms with Gasteiger partial charge >= 0.3 is 0 Å². The first-order chi connectivity index (χ1) is 11.6. The van der Waals surface area contributed by atoms with Gasteiger partial charge in [0, 0.05) is 27.7 Å². The summed E-state index contributed by atoms with van der Waals surface area (Å²) in [4.78, 5) is 17.7. The highest BCUT2D eigenvalue weighted by atomic mass is 16.5. The molecule has 0 aliphatic heterocycles. The van der Waals surface area contributed by atoms with Crippen molar-refractivity contribution in [2.75, 3.05) is 47.5 Å². The average molecular weight is 336 g/mol. The Morgan fingerprint density at radius 3 is 2.46 bits per heavy atom. The van der Waals surface area contributed by atoms with E-state index >= 15 is 0 Å². The Bertz CT molecular complexity index is 515. The van der Waals surface area contributed by atoms with Gasteiger partial charge in [0.1, 0.15) is 12.4 Å². The number of hydrogen-bond acceptors (Lipinski definition) is 4. The molecule has 0 unspecified atom stereocenters. The molecule has 0 bridgehead atoms. The van der Waals surface area contributed by atoms with Gasteiger partial charge in [-0.2, -0.15) is 0 Å². The molecule has 0 atom stereocenters. The number of amides is 1. The number of nitrogens with zero attached hydrogens (tertiary/aromatic N) is 2. The van der Waals surface area contributed by atoms with Gasteiger partial charge in [-0.25, -0.2) is 4.99 Å². The van der Waals surface area contributed by atoms with Crippen molar-refractivity contribution in [1.29, 1.82) is 0 Å². The second kappa shape index (κ2) is 11.3. The lowest BCUT2D eigenvalue weighted by molar-refractivity contribution is -0.127. The van der Waals surface area contributed by atoms with Gasteiger partial charge in [0.2, 0.25) is 5.91 Å². The standard InChI is InChI=1S/C17H28N4O3/c1-5-18-17(20-13-16(22)21(2)3)19-12-14-6-8-15(9-7-14)24-11-10-23-4/h6-9H,5,10-13H2,1-4H3,(H2,18,19,20). The number of ether oxygens (including phenoxy) is 2. The lowest BCUT2D eigenvalue weighted by Gasteiger charge is -2.14. The summed E-state index contributed by atoms with van der Waals surface area (Å²) < 4.78 is 10.5. The van der Waals surface area contributed by atoms with Crippen LogP contribution in [0.2, 0.25) is 0 Å². The molecule has 7 heteroatoms. The summed E-state index contributed by atoms with van der Waals surface area (Å²) in [5.74, 6) is 1.42. The summed E-state index contributed by atoms with van der Waals surface area (Å²) in [5, 5.41) is 6.15. The van der Waals surface area contributed by atoms with Crippen LogP contribution in [0.15, 0.2) is 29.3 Å². The monoisotopic (exact) mass is 336 g/mol. The Labute approximate surface area is 144 Å². The molecule has 24 heavy (non-hydrogen) atoms. The van der Waals surface area contributed by atoms with E-state index < -0.39 is 0 Å². The fourth-order valence-corrected chi connectivity index (χ4v) is 1.76. The number of guanidine groups is 1. The molecule has 0 aliphatic rings. The minimum absolute atomic E-state index is 0.00170. The molecule has 1 aromatic rings. The number of carbonyl (C=O) groups excluding carboxylic acids is 1. The summed E-state index contributed by atoms with van der Waals surface area (Å²) in [6, 6.07) is 7.77. The van der Waals surface area contributed by atoms with Gasteiger partial charge in [-0.1, -0.05) is 12.1 Å². The van der Waals surface area contributed by atoms with Crippen LogP contribution >= 0.6 is 0 Å². The first-order valence-electron chi connectivity index (χ1n) is 7.99. The molecule has 1 aromatic carbocycles. The molecule has 1 amide bonds. The summed E-state index contributed by atoms with van der Waals surface area (Å²) in [5.41, 5.74) is 1.06. The number of likely N-dealkylation sites (N-methyl/N-ethyl adjacent to an activating group) is 1. The Balaban J connectivity index is 2.54. The number of rotatable bonds is 9. The third-order valence-electron chi connectivity index (χ3n) is 3.15. The SMILES string of the molecule is CCNC(=NCc1ccc(OCCOC)cc1)NCC(=O)N(C)C. The smallest absolute Gasteiger partial charge is 0.241 e. The Morgan fingerprint density at radius 2 is 1.88 bits per heavy atom. The van der Waals surface area contributed by atoms with E-state index in [0.29, 0.717) is 25.7 Å². The van der Waals surface area contributed by atoms with E-state index in [1.807, 2.05) is 31.2 Å². The quantitative estimate of drug-likeness (QED) is 0.397. The van der Waals surface area contributed by atoms with Crippen LogP contribution in [0.3, 0.4) is 0 Å². The van der Waals surface area contributed by atoms with Crippen LogP contribution in [0.4, 0.5) is 0 Å². The van der Waals surface area contributed by atoms with E-state index in [4.69, 9.17) is 9.47 Å². The van der Waals surface area contributed by atoms with E-state index in [2.05, 4.69) is 15.6 Å². The predicted octanol–water partition coefficient (Wildman–Crippen LogP) is 0.855. The zero-order chi connectivity index (χ0) is 17.8. The molecule has 0 aromatic heterocycles.